The molecule has 0 radical (unpaired) electrons. The molecule has 1 aliphatic carbocycles. The summed E-state index contributed by atoms with van der Waals surface area (Å²) in [6.45, 7) is 8.27. The first kappa shape index (κ1) is 14.9. The lowest BCUT2D eigenvalue weighted by Gasteiger charge is -2.35. The highest BCUT2D eigenvalue weighted by atomic mass is 16.1. The van der Waals surface area contributed by atoms with Crippen molar-refractivity contribution >= 4 is 17.3 Å². The molecule has 110 valence electrons. The largest absolute Gasteiger partial charge is 0.382 e. The van der Waals surface area contributed by atoms with E-state index in [-0.39, 0.29) is 5.91 Å². The molecule has 0 bridgehead atoms. The van der Waals surface area contributed by atoms with Gasteiger partial charge in [0.1, 0.15) is 0 Å². The van der Waals surface area contributed by atoms with Gasteiger partial charge in [0.2, 0.25) is 5.91 Å². The summed E-state index contributed by atoms with van der Waals surface area (Å²) in [4.78, 5) is 11.1. The number of carbonyl (C=O) groups excluding carboxylic acids is 1. The number of aryl methyl sites for hydroxylation is 1. The number of nitrogens with one attached hydrogen (secondary N) is 2. The minimum Gasteiger partial charge on any atom is -0.382 e. The third-order valence-corrected chi connectivity index (χ3v) is 4.60. The standard InChI is InChI=1S/C17H26N2O/c1-11-6-5-7-17(13(11)3)19-15-8-9-16(12(2)10-15)18-14(4)20/h8-11,13,17,19H,5-7H2,1-4H3,(H,18,20). The summed E-state index contributed by atoms with van der Waals surface area (Å²) in [5, 5.41) is 6.52. The predicted molar refractivity (Wildman–Crippen MR) is 85.1 cm³/mol. The number of amides is 1. The second kappa shape index (κ2) is 6.29. The molecule has 0 aliphatic heterocycles. The van der Waals surface area contributed by atoms with Crippen LogP contribution in [0.5, 0.6) is 0 Å². The monoisotopic (exact) mass is 274 g/mol. The van der Waals surface area contributed by atoms with Crippen molar-refractivity contribution in [1.29, 1.82) is 0 Å². The lowest BCUT2D eigenvalue weighted by atomic mass is 9.78. The van der Waals surface area contributed by atoms with E-state index >= 15 is 0 Å². The van der Waals surface area contributed by atoms with Gasteiger partial charge in [-0.2, -0.15) is 0 Å². The summed E-state index contributed by atoms with van der Waals surface area (Å²) >= 11 is 0. The highest BCUT2D eigenvalue weighted by Crippen LogP contribution is 2.32. The van der Waals surface area contributed by atoms with Crippen molar-refractivity contribution in [1.82, 2.24) is 0 Å². The van der Waals surface area contributed by atoms with Gasteiger partial charge in [0.15, 0.2) is 0 Å². The topological polar surface area (TPSA) is 41.1 Å². The Morgan fingerprint density at radius 1 is 1.25 bits per heavy atom. The zero-order chi connectivity index (χ0) is 14.7. The fourth-order valence-corrected chi connectivity index (χ4v) is 3.08. The lowest BCUT2D eigenvalue weighted by Crippen LogP contribution is -2.35. The molecule has 1 amide bonds. The summed E-state index contributed by atoms with van der Waals surface area (Å²) in [5.74, 6) is 1.48. The van der Waals surface area contributed by atoms with E-state index in [0.717, 1.165) is 22.9 Å². The van der Waals surface area contributed by atoms with Crippen LogP contribution < -0.4 is 10.6 Å². The average Bonchev–Trinajstić information content (AvgIpc) is 2.38. The van der Waals surface area contributed by atoms with Crippen LogP contribution in [-0.4, -0.2) is 11.9 Å². The van der Waals surface area contributed by atoms with Crippen molar-refractivity contribution in [2.45, 2.75) is 53.0 Å². The minimum absolute atomic E-state index is 0.0245. The van der Waals surface area contributed by atoms with Crippen LogP contribution in [0, 0.1) is 18.8 Å². The van der Waals surface area contributed by atoms with Crippen molar-refractivity contribution < 1.29 is 4.79 Å². The van der Waals surface area contributed by atoms with Gasteiger partial charge in [-0.1, -0.05) is 26.7 Å². The van der Waals surface area contributed by atoms with Crippen LogP contribution in [0.15, 0.2) is 18.2 Å². The first-order valence-corrected chi connectivity index (χ1v) is 7.62. The van der Waals surface area contributed by atoms with Crippen molar-refractivity contribution in [2.24, 2.45) is 11.8 Å². The quantitative estimate of drug-likeness (QED) is 0.867. The number of rotatable bonds is 3. The van der Waals surface area contributed by atoms with Crippen LogP contribution in [0.3, 0.4) is 0 Å². The highest BCUT2D eigenvalue weighted by molar-refractivity contribution is 5.89. The zero-order valence-electron chi connectivity index (χ0n) is 13.0. The van der Waals surface area contributed by atoms with Crippen LogP contribution in [0.4, 0.5) is 11.4 Å². The molecule has 3 atom stereocenters. The fraction of sp³-hybridized carbons (Fsp3) is 0.588. The Balaban J connectivity index is 2.06. The minimum atomic E-state index is -0.0245. The van der Waals surface area contributed by atoms with Crippen LogP contribution in [0.25, 0.3) is 0 Å². The summed E-state index contributed by atoms with van der Waals surface area (Å²) < 4.78 is 0. The molecule has 1 fully saturated rings. The Hall–Kier alpha value is -1.51. The molecular weight excluding hydrogens is 248 g/mol. The van der Waals surface area contributed by atoms with Gasteiger partial charge in [0, 0.05) is 24.3 Å². The average molecular weight is 274 g/mol. The molecular formula is C17H26N2O. The maximum absolute atomic E-state index is 11.1. The van der Waals surface area contributed by atoms with E-state index in [1.807, 2.05) is 13.0 Å². The second-order valence-electron chi connectivity index (χ2n) is 6.23. The van der Waals surface area contributed by atoms with Gasteiger partial charge < -0.3 is 10.6 Å². The molecule has 2 N–H and O–H groups in total. The molecule has 20 heavy (non-hydrogen) atoms. The van der Waals surface area contributed by atoms with E-state index in [4.69, 9.17) is 0 Å². The van der Waals surface area contributed by atoms with Gasteiger partial charge in [-0.05, 0) is 48.9 Å². The van der Waals surface area contributed by atoms with Crippen molar-refractivity contribution in [3.05, 3.63) is 23.8 Å². The second-order valence-corrected chi connectivity index (χ2v) is 6.23. The number of hydrogen-bond donors (Lipinski definition) is 2. The van der Waals surface area contributed by atoms with Crippen LogP contribution in [0.2, 0.25) is 0 Å². The first-order valence-electron chi connectivity index (χ1n) is 7.62. The van der Waals surface area contributed by atoms with Crippen LogP contribution >= 0.6 is 0 Å². The van der Waals surface area contributed by atoms with Crippen molar-refractivity contribution in [2.75, 3.05) is 10.6 Å². The molecule has 1 aliphatic rings. The van der Waals surface area contributed by atoms with E-state index in [1.165, 1.54) is 26.2 Å². The van der Waals surface area contributed by atoms with E-state index in [2.05, 4.69) is 36.6 Å². The van der Waals surface area contributed by atoms with Gasteiger partial charge in [-0.3, -0.25) is 4.79 Å². The number of benzene rings is 1. The van der Waals surface area contributed by atoms with Crippen LogP contribution in [0.1, 0.15) is 45.6 Å². The van der Waals surface area contributed by atoms with Gasteiger partial charge in [0.25, 0.3) is 0 Å². The molecule has 3 nitrogen and oxygen atoms in total. The van der Waals surface area contributed by atoms with Crippen molar-refractivity contribution in [3.63, 3.8) is 0 Å². The molecule has 1 aromatic carbocycles. The molecule has 3 heteroatoms. The molecule has 0 saturated heterocycles. The summed E-state index contributed by atoms with van der Waals surface area (Å²) in [6, 6.07) is 6.72. The Morgan fingerprint density at radius 3 is 2.65 bits per heavy atom. The van der Waals surface area contributed by atoms with Crippen LogP contribution in [-0.2, 0) is 4.79 Å². The van der Waals surface area contributed by atoms with Crippen molar-refractivity contribution in [3.8, 4) is 0 Å². The van der Waals surface area contributed by atoms with Gasteiger partial charge in [-0.15, -0.1) is 0 Å². The summed E-state index contributed by atoms with van der Waals surface area (Å²) in [5.41, 5.74) is 3.15. The highest BCUT2D eigenvalue weighted by Gasteiger charge is 2.26. The molecule has 1 saturated carbocycles. The maximum Gasteiger partial charge on any atom is 0.221 e. The normalized spacial score (nSPS) is 26.1. The Kier molecular flexibility index (Phi) is 4.69. The molecule has 0 spiro atoms. The maximum atomic E-state index is 11.1. The van der Waals surface area contributed by atoms with E-state index in [9.17, 15) is 4.79 Å². The Morgan fingerprint density at radius 2 is 2.00 bits per heavy atom. The molecule has 2 rings (SSSR count). The van der Waals surface area contributed by atoms with Gasteiger partial charge in [0.05, 0.1) is 0 Å². The third-order valence-electron chi connectivity index (χ3n) is 4.60. The smallest absolute Gasteiger partial charge is 0.221 e. The number of carbonyl (C=O) groups is 1. The first-order chi connectivity index (χ1) is 9.47. The van der Waals surface area contributed by atoms with Gasteiger partial charge >= 0.3 is 0 Å². The molecule has 0 aromatic heterocycles. The zero-order valence-corrected chi connectivity index (χ0v) is 13.0. The SMILES string of the molecule is CC(=O)Nc1ccc(NC2CCCC(C)C2C)cc1C. The summed E-state index contributed by atoms with van der Waals surface area (Å²) in [7, 11) is 0. The van der Waals surface area contributed by atoms with Gasteiger partial charge in [-0.25, -0.2) is 0 Å². The molecule has 1 aromatic rings. The third kappa shape index (κ3) is 3.53. The Labute approximate surface area is 122 Å². The molecule has 3 unspecified atom stereocenters. The predicted octanol–water partition coefficient (Wildman–Crippen LogP) is 4.19. The van der Waals surface area contributed by atoms with E-state index < -0.39 is 0 Å². The van der Waals surface area contributed by atoms with E-state index in [0.29, 0.717) is 12.0 Å². The number of hydrogen-bond acceptors (Lipinski definition) is 2. The lowest BCUT2D eigenvalue weighted by molar-refractivity contribution is -0.114. The molecule has 0 heterocycles. The Bertz CT molecular complexity index is 484. The fourth-order valence-electron chi connectivity index (χ4n) is 3.08. The number of anilines is 2. The summed E-state index contributed by atoms with van der Waals surface area (Å²) in [6.07, 6.45) is 3.91. The van der Waals surface area contributed by atoms with E-state index in [1.54, 1.807) is 0 Å².